The first kappa shape index (κ1) is 10.4. The second-order valence-corrected chi connectivity index (χ2v) is 4.37. The lowest BCUT2D eigenvalue weighted by molar-refractivity contribution is 0.667. The number of rotatable bonds is 2. The van der Waals surface area contributed by atoms with E-state index in [1.807, 2.05) is 24.3 Å². The van der Waals surface area contributed by atoms with Crippen LogP contribution in [-0.4, -0.2) is 0 Å². The lowest BCUT2D eigenvalue weighted by Crippen LogP contribution is -2.07. The molecule has 1 atom stereocenters. The predicted molar refractivity (Wildman–Crippen MR) is 70.9 cm³/mol. The van der Waals surface area contributed by atoms with Crippen molar-refractivity contribution < 1.29 is 4.42 Å². The third-order valence-corrected chi connectivity index (χ3v) is 3.27. The fourth-order valence-corrected chi connectivity index (χ4v) is 2.21. The van der Waals surface area contributed by atoms with E-state index in [4.69, 9.17) is 10.2 Å². The van der Waals surface area contributed by atoms with Crippen molar-refractivity contribution >= 4 is 21.9 Å². The fraction of sp³-hybridized carbons (Fsp3) is 0.200. The number of furan rings is 1. The average molecular weight is 225 g/mol. The summed E-state index contributed by atoms with van der Waals surface area (Å²) in [4.78, 5) is 0. The van der Waals surface area contributed by atoms with Gasteiger partial charge in [0.25, 0.3) is 0 Å². The number of nitrogens with two attached hydrogens (primary N) is 1. The quantitative estimate of drug-likeness (QED) is 0.716. The van der Waals surface area contributed by atoms with E-state index in [0.29, 0.717) is 0 Å². The Kier molecular flexibility index (Phi) is 2.37. The molecule has 86 valence electrons. The second-order valence-electron chi connectivity index (χ2n) is 4.37. The second kappa shape index (κ2) is 3.90. The Morgan fingerprint density at radius 1 is 1.06 bits per heavy atom. The lowest BCUT2D eigenvalue weighted by Gasteiger charge is -2.08. The van der Waals surface area contributed by atoms with Gasteiger partial charge >= 0.3 is 0 Å². The molecule has 0 saturated carbocycles. The molecule has 0 saturated heterocycles. The molecular weight excluding hydrogens is 210 g/mol. The minimum Gasteiger partial charge on any atom is -0.456 e. The van der Waals surface area contributed by atoms with Crippen LogP contribution >= 0.6 is 0 Å². The maximum atomic E-state index is 6.07. The van der Waals surface area contributed by atoms with Gasteiger partial charge in [0.15, 0.2) is 0 Å². The summed E-state index contributed by atoms with van der Waals surface area (Å²) in [5.41, 5.74) is 9.10. The zero-order valence-corrected chi connectivity index (χ0v) is 9.81. The van der Waals surface area contributed by atoms with Crippen LogP contribution in [0, 0.1) is 0 Å². The monoisotopic (exact) mass is 225 g/mol. The molecule has 17 heavy (non-hydrogen) atoms. The first-order valence-corrected chi connectivity index (χ1v) is 5.96. The van der Waals surface area contributed by atoms with Crippen molar-refractivity contribution in [2.75, 3.05) is 0 Å². The summed E-state index contributed by atoms with van der Waals surface area (Å²) >= 11 is 0. The minimum atomic E-state index is 0.105. The van der Waals surface area contributed by atoms with Gasteiger partial charge in [0.1, 0.15) is 11.2 Å². The highest BCUT2D eigenvalue weighted by Crippen LogP contribution is 2.30. The Morgan fingerprint density at radius 3 is 2.65 bits per heavy atom. The summed E-state index contributed by atoms with van der Waals surface area (Å²) in [5, 5.41) is 2.31. The summed E-state index contributed by atoms with van der Waals surface area (Å²) in [7, 11) is 0. The van der Waals surface area contributed by atoms with Crippen LogP contribution in [0.15, 0.2) is 46.9 Å². The maximum Gasteiger partial charge on any atom is 0.135 e. The third kappa shape index (κ3) is 1.61. The van der Waals surface area contributed by atoms with Gasteiger partial charge < -0.3 is 10.2 Å². The third-order valence-electron chi connectivity index (χ3n) is 3.27. The Balaban J connectivity index is 2.30. The molecule has 0 aliphatic heterocycles. The van der Waals surface area contributed by atoms with Crippen LogP contribution in [0.5, 0.6) is 0 Å². The maximum absolute atomic E-state index is 6.07. The Labute approximate surface area is 100 Å². The van der Waals surface area contributed by atoms with Gasteiger partial charge in [-0.05, 0) is 30.2 Å². The summed E-state index contributed by atoms with van der Waals surface area (Å²) in [5.74, 6) is 0. The predicted octanol–water partition coefficient (Wildman–Crippen LogP) is 4.00. The molecule has 2 aromatic carbocycles. The zero-order chi connectivity index (χ0) is 11.8. The van der Waals surface area contributed by atoms with Gasteiger partial charge in [-0.1, -0.05) is 31.2 Å². The zero-order valence-electron chi connectivity index (χ0n) is 9.81. The molecule has 0 fully saturated rings. The Hall–Kier alpha value is -1.80. The minimum absolute atomic E-state index is 0.105. The highest BCUT2D eigenvalue weighted by molar-refractivity contribution is 6.04. The largest absolute Gasteiger partial charge is 0.456 e. The summed E-state index contributed by atoms with van der Waals surface area (Å²) in [6.45, 7) is 2.10. The van der Waals surface area contributed by atoms with E-state index >= 15 is 0 Å². The molecule has 0 unspecified atom stereocenters. The van der Waals surface area contributed by atoms with E-state index in [-0.39, 0.29) is 6.04 Å². The van der Waals surface area contributed by atoms with Crippen LogP contribution in [0.1, 0.15) is 24.9 Å². The van der Waals surface area contributed by atoms with Gasteiger partial charge in [0.2, 0.25) is 0 Å². The molecule has 2 nitrogen and oxygen atoms in total. The van der Waals surface area contributed by atoms with Crippen LogP contribution in [0.4, 0.5) is 0 Å². The molecule has 1 aromatic heterocycles. The number of fused-ring (bicyclic) bond motifs is 3. The van der Waals surface area contributed by atoms with Crippen LogP contribution in [0.25, 0.3) is 21.9 Å². The molecule has 0 spiro atoms. The lowest BCUT2D eigenvalue weighted by atomic mass is 10.0. The van der Waals surface area contributed by atoms with Gasteiger partial charge in [-0.15, -0.1) is 0 Å². The van der Waals surface area contributed by atoms with Crippen LogP contribution in [-0.2, 0) is 0 Å². The van der Waals surface area contributed by atoms with Crippen LogP contribution in [0.3, 0.4) is 0 Å². The van der Waals surface area contributed by atoms with Crippen LogP contribution < -0.4 is 5.73 Å². The highest BCUT2D eigenvalue weighted by atomic mass is 16.3. The van der Waals surface area contributed by atoms with Gasteiger partial charge in [0.05, 0.1) is 0 Å². The number of benzene rings is 2. The molecular formula is C15H15NO. The van der Waals surface area contributed by atoms with E-state index in [1.165, 1.54) is 5.56 Å². The van der Waals surface area contributed by atoms with Gasteiger partial charge in [-0.25, -0.2) is 0 Å². The number of hydrogen-bond acceptors (Lipinski definition) is 2. The van der Waals surface area contributed by atoms with E-state index in [1.54, 1.807) is 0 Å². The Bertz CT molecular complexity index is 669. The van der Waals surface area contributed by atoms with Gasteiger partial charge in [-0.3, -0.25) is 0 Å². The van der Waals surface area contributed by atoms with E-state index in [0.717, 1.165) is 28.4 Å². The topological polar surface area (TPSA) is 39.2 Å². The molecule has 2 heteroatoms. The smallest absolute Gasteiger partial charge is 0.135 e. The van der Waals surface area contributed by atoms with Crippen molar-refractivity contribution in [1.82, 2.24) is 0 Å². The van der Waals surface area contributed by atoms with E-state index in [2.05, 4.69) is 25.1 Å². The highest BCUT2D eigenvalue weighted by Gasteiger charge is 2.09. The standard InChI is InChI=1S/C15H15NO/c1-2-13(16)10-7-8-15-12(9-10)11-5-3-4-6-14(11)17-15/h3-9,13H,2,16H2,1H3/t13-/m1/s1. The first-order valence-electron chi connectivity index (χ1n) is 5.96. The molecule has 3 aromatic rings. The Morgan fingerprint density at radius 2 is 1.82 bits per heavy atom. The van der Waals surface area contributed by atoms with Crippen molar-refractivity contribution in [2.24, 2.45) is 5.73 Å². The summed E-state index contributed by atoms with van der Waals surface area (Å²) < 4.78 is 5.78. The molecule has 0 aliphatic carbocycles. The molecule has 0 radical (unpaired) electrons. The SMILES string of the molecule is CC[C@@H](N)c1ccc2oc3ccccc3c2c1. The number of para-hydroxylation sites is 1. The molecule has 0 amide bonds. The molecule has 1 heterocycles. The molecule has 2 N–H and O–H groups in total. The van der Waals surface area contributed by atoms with Crippen molar-refractivity contribution in [3.63, 3.8) is 0 Å². The molecule has 0 aliphatic rings. The average Bonchev–Trinajstić information content (AvgIpc) is 2.75. The fourth-order valence-electron chi connectivity index (χ4n) is 2.21. The van der Waals surface area contributed by atoms with Crippen molar-refractivity contribution in [3.05, 3.63) is 48.0 Å². The van der Waals surface area contributed by atoms with Crippen LogP contribution in [0.2, 0.25) is 0 Å². The molecule has 0 bridgehead atoms. The van der Waals surface area contributed by atoms with E-state index in [9.17, 15) is 0 Å². The van der Waals surface area contributed by atoms with Gasteiger partial charge in [-0.2, -0.15) is 0 Å². The van der Waals surface area contributed by atoms with Gasteiger partial charge in [0, 0.05) is 16.8 Å². The van der Waals surface area contributed by atoms with E-state index < -0.39 is 0 Å². The number of hydrogen-bond donors (Lipinski definition) is 1. The van der Waals surface area contributed by atoms with Crippen molar-refractivity contribution in [1.29, 1.82) is 0 Å². The summed E-state index contributed by atoms with van der Waals surface area (Å²) in [6.07, 6.45) is 0.946. The normalized spacial score (nSPS) is 13.3. The molecule has 3 rings (SSSR count). The first-order chi connectivity index (χ1) is 8.29. The summed E-state index contributed by atoms with van der Waals surface area (Å²) in [6, 6.07) is 14.4. The van der Waals surface area contributed by atoms with Crippen molar-refractivity contribution in [2.45, 2.75) is 19.4 Å². The van der Waals surface area contributed by atoms with Crippen molar-refractivity contribution in [3.8, 4) is 0 Å².